The molecule has 1 aliphatic heterocycles. The van der Waals surface area contributed by atoms with Crippen LogP contribution in [0.2, 0.25) is 0 Å². The largest absolute Gasteiger partial charge is 0.497 e. The van der Waals surface area contributed by atoms with E-state index in [1.165, 1.54) is 57.3 Å². The van der Waals surface area contributed by atoms with E-state index in [4.69, 9.17) is 9.47 Å². The van der Waals surface area contributed by atoms with Gasteiger partial charge in [-0.05, 0) is 114 Å². The van der Waals surface area contributed by atoms with Gasteiger partial charge in [-0.2, -0.15) is 0 Å². The monoisotopic (exact) mass is 536 g/mol. The Morgan fingerprint density at radius 3 is 2.12 bits per heavy atom. The van der Waals surface area contributed by atoms with Gasteiger partial charge in [-0.15, -0.1) is 0 Å². The number of ether oxygens (including phenoxy) is 2. The number of urea groups is 1. The Morgan fingerprint density at radius 1 is 0.850 bits per heavy atom. The SMILES string of the molecule is COc1ccc2ccc(OC)c(/C=C3\C(=O)NC(=O)N(c4ccc(C56CC7CC(CC(C7)C5)C6)cc4)C3=O)c2c1. The normalized spacial score (nSPS) is 28.4. The van der Waals surface area contributed by atoms with Crippen molar-refractivity contribution in [3.05, 3.63) is 71.3 Å². The second-order valence-electron chi connectivity index (χ2n) is 12.0. The second-order valence-corrected chi connectivity index (χ2v) is 12.0. The molecule has 40 heavy (non-hydrogen) atoms. The van der Waals surface area contributed by atoms with Gasteiger partial charge >= 0.3 is 6.03 Å². The fourth-order valence-corrected chi connectivity index (χ4v) is 8.22. The molecule has 4 aliphatic carbocycles. The van der Waals surface area contributed by atoms with Crippen LogP contribution in [0.5, 0.6) is 11.5 Å². The minimum absolute atomic E-state index is 0.140. The highest BCUT2D eigenvalue weighted by molar-refractivity contribution is 6.39. The second kappa shape index (κ2) is 9.22. The maximum atomic E-state index is 13.7. The minimum atomic E-state index is -0.749. The average Bonchev–Trinajstić information content (AvgIpc) is 2.94. The highest BCUT2D eigenvalue weighted by Crippen LogP contribution is 2.60. The molecule has 8 rings (SSSR count). The third kappa shape index (κ3) is 3.90. The fraction of sp³-hybridized carbons (Fsp3) is 0.364. The number of rotatable bonds is 5. The predicted molar refractivity (Wildman–Crippen MR) is 152 cm³/mol. The van der Waals surface area contributed by atoms with Crippen LogP contribution in [0, 0.1) is 17.8 Å². The number of benzene rings is 3. The zero-order chi connectivity index (χ0) is 27.6. The van der Waals surface area contributed by atoms with E-state index in [0.29, 0.717) is 22.7 Å². The maximum Gasteiger partial charge on any atom is 0.335 e. The van der Waals surface area contributed by atoms with Crippen molar-refractivity contribution in [2.75, 3.05) is 19.1 Å². The molecule has 0 spiro atoms. The summed E-state index contributed by atoms with van der Waals surface area (Å²) in [7, 11) is 3.11. The molecular weight excluding hydrogens is 504 g/mol. The van der Waals surface area contributed by atoms with E-state index in [-0.39, 0.29) is 11.0 Å². The van der Waals surface area contributed by atoms with Crippen LogP contribution in [-0.2, 0) is 15.0 Å². The first-order valence-corrected chi connectivity index (χ1v) is 14.0. The van der Waals surface area contributed by atoms with Gasteiger partial charge in [-0.3, -0.25) is 14.9 Å². The van der Waals surface area contributed by atoms with Crippen molar-refractivity contribution >= 4 is 40.4 Å². The first-order valence-electron chi connectivity index (χ1n) is 14.0. The summed E-state index contributed by atoms with van der Waals surface area (Å²) in [6.45, 7) is 0. The predicted octanol–water partition coefficient (Wildman–Crippen LogP) is 5.99. The van der Waals surface area contributed by atoms with Crippen LogP contribution in [0.15, 0.2) is 60.2 Å². The number of anilines is 1. The molecule has 0 unspecified atom stereocenters. The molecule has 7 nitrogen and oxygen atoms in total. The van der Waals surface area contributed by atoms with E-state index >= 15 is 0 Å². The van der Waals surface area contributed by atoms with Crippen molar-refractivity contribution in [3.63, 3.8) is 0 Å². The van der Waals surface area contributed by atoms with E-state index in [0.717, 1.165) is 33.4 Å². The number of barbiturate groups is 1. The molecule has 0 aromatic heterocycles. The standard InChI is InChI=1S/C33H32N2O5/c1-39-25-9-3-22-4-10-29(40-2)27(26(22)14-25)15-28-30(36)34-32(38)35(31(28)37)24-7-5-23(6-8-24)33-16-19-11-20(17-33)13-21(12-19)18-33/h3-10,14-15,19-21H,11-13,16-18H2,1-2H3,(H,34,36,38)/b28-15+. The first-order chi connectivity index (χ1) is 19.4. The van der Waals surface area contributed by atoms with Crippen molar-refractivity contribution in [2.45, 2.75) is 43.9 Å². The third-order valence-electron chi connectivity index (χ3n) is 9.62. The van der Waals surface area contributed by atoms with Crippen LogP contribution < -0.4 is 19.7 Å². The molecule has 4 amide bonds. The number of nitrogens with one attached hydrogen (secondary N) is 1. The number of nitrogens with zero attached hydrogens (tertiary/aromatic N) is 1. The molecule has 0 atom stereocenters. The van der Waals surface area contributed by atoms with Crippen molar-refractivity contribution in [1.82, 2.24) is 5.32 Å². The number of imide groups is 2. The number of carbonyl (C=O) groups excluding carboxylic acids is 3. The summed E-state index contributed by atoms with van der Waals surface area (Å²) >= 11 is 0. The number of methoxy groups -OCH3 is 2. The van der Waals surface area contributed by atoms with Crippen molar-refractivity contribution in [2.24, 2.45) is 17.8 Å². The molecule has 4 bridgehead atoms. The Hall–Kier alpha value is -4.13. The maximum absolute atomic E-state index is 13.7. The molecule has 4 saturated carbocycles. The first kappa shape index (κ1) is 24.9. The van der Waals surface area contributed by atoms with Crippen molar-refractivity contribution < 1.29 is 23.9 Å². The number of hydrogen-bond acceptors (Lipinski definition) is 5. The molecule has 3 aromatic rings. The minimum Gasteiger partial charge on any atom is -0.497 e. The van der Waals surface area contributed by atoms with Crippen molar-refractivity contribution in [3.8, 4) is 11.5 Å². The van der Waals surface area contributed by atoms with Gasteiger partial charge in [0, 0.05) is 5.56 Å². The van der Waals surface area contributed by atoms with Gasteiger partial charge in [0.25, 0.3) is 11.8 Å². The molecule has 7 heteroatoms. The van der Waals surface area contributed by atoms with E-state index in [1.54, 1.807) is 13.2 Å². The summed E-state index contributed by atoms with van der Waals surface area (Å²) in [6, 6.07) is 16.4. The van der Waals surface area contributed by atoms with E-state index < -0.39 is 17.8 Å². The lowest BCUT2D eigenvalue weighted by atomic mass is 9.48. The highest BCUT2D eigenvalue weighted by Gasteiger charge is 2.51. The lowest BCUT2D eigenvalue weighted by molar-refractivity contribution is -0.122. The van der Waals surface area contributed by atoms with Gasteiger partial charge < -0.3 is 9.47 Å². The van der Waals surface area contributed by atoms with E-state index in [1.807, 2.05) is 36.4 Å². The molecule has 1 saturated heterocycles. The number of fused-ring (bicyclic) bond motifs is 1. The smallest absolute Gasteiger partial charge is 0.335 e. The highest BCUT2D eigenvalue weighted by atomic mass is 16.5. The summed E-state index contributed by atoms with van der Waals surface area (Å²) in [5.74, 6) is 2.20. The van der Waals surface area contributed by atoms with E-state index in [2.05, 4.69) is 17.4 Å². The van der Waals surface area contributed by atoms with Gasteiger partial charge in [-0.25, -0.2) is 9.69 Å². The van der Waals surface area contributed by atoms with Crippen LogP contribution in [0.1, 0.15) is 49.7 Å². The molecule has 1 N–H and O–H groups in total. The summed E-state index contributed by atoms with van der Waals surface area (Å²) in [5.41, 5.74) is 2.39. The zero-order valence-electron chi connectivity index (χ0n) is 22.7. The number of carbonyl (C=O) groups is 3. The Labute approximate surface area is 233 Å². The van der Waals surface area contributed by atoms with Gasteiger partial charge in [0.1, 0.15) is 17.1 Å². The van der Waals surface area contributed by atoms with Gasteiger partial charge in [-0.1, -0.05) is 24.3 Å². The van der Waals surface area contributed by atoms with E-state index in [9.17, 15) is 14.4 Å². The van der Waals surface area contributed by atoms with Crippen LogP contribution in [-0.4, -0.2) is 32.1 Å². The number of hydrogen-bond donors (Lipinski definition) is 1. The topological polar surface area (TPSA) is 84.9 Å². The quantitative estimate of drug-likeness (QED) is 0.320. The molecule has 204 valence electrons. The number of amides is 4. The Kier molecular flexibility index (Phi) is 5.73. The van der Waals surface area contributed by atoms with Gasteiger partial charge in [0.15, 0.2) is 0 Å². The molecular formula is C33H32N2O5. The van der Waals surface area contributed by atoms with Gasteiger partial charge in [0.05, 0.1) is 19.9 Å². The zero-order valence-corrected chi connectivity index (χ0v) is 22.7. The third-order valence-corrected chi connectivity index (χ3v) is 9.62. The van der Waals surface area contributed by atoms with Crippen LogP contribution in [0.4, 0.5) is 10.5 Å². The lowest BCUT2D eigenvalue weighted by Gasteiger charge is -2.57. The molecule has 5 aliphatic rings. The Balaban J connectivity index is 1.24. The lowest BCUT2D eigenvalue weighted by Crippen LogP contribution is -2.54. The van der Waals surface area contributed by atoms with Crippen LogP contribution in [0.3, 0.4) is 0 Å². The fourth-order valence-electron chi connectivity index (χ4n) is 8.22. The molecule has 0 radical (unpaired) electrons. The summed E-state index contributed by atoms with van der Waals surface area (Å²) in [6.07, 6.45) is 9.33. The van der Waals surface area contributed by atoms with Gasteiger partial charge in [0.2, 0.25) is 0 Å². The average molecular weight is 537 g/mol. The summed E-state index contributed by atoms with van der Waals surface area (Å²) < 4.78 is 11.0. The molecule has 1 heterocycles. The Bertz CT molecular complexity index is 1550. The van der Waals surface area contributed by atoms with Crippen LogP contribution in [0.25, 0.3) is 16.8 Å². The molecule has 5 fully saturated rings. The van der Waals surface area contributed by atoms with Crippen LogP contribution >= 0.6 is 0 Å². The van der Waals surface area contributed by atoms with Crippen molar-refractivity contribution in [1.29, 1.82) is 0 Å². The summed E-state index contributed by atoms with van der Waals surface area (Å²) in [4.78, 5) is 40.7. The molecule has 3 aromatic carbocycles. The Morgan fingerprint density at radius 2 is 1.50 bits per heavy atom. The summed E-state index contributed by atoms with van der Waals surface area (Å²) in [5, 5.41) is 4.01.